The van der Waals surface area contributed by atoms with Crippen LogP contribution in [0.3, 0.4) is 0 Å². The van der Waals surface area contributed by atoms with Crippen molar-refractivity contribution in [2.24, 2.45) is 0 Å². The van der Waals surface area contributed by atoms with Crippen molar-refractivity contribution < 1.29 is 4.74 Å². The average Bonchev–Trinajstić information content (AvgIpc) is 2.95. The molecule has 106 valence electrons. The Morgan fingerprint density at radius 2 is 2.10 bits per heavy atom. The second kappa shape index (κ2) is 5.66. The van der Waals surface area contributed by atoms with E-state index in [1.165, 1.54) is 4.68 Å². The standard InChI is InChI=1S/C12H8BrClN6O/c13-8-6-7(14)2-3-9(8)21-12-18-10(15)17-11(19-12)20-5-1-4-16-20/h1-6H,(H2,15,17,18,19). The van der Waals surface area contributed by atoms with Crippen LogP contribution in [0.25, 0.3) is 5.95 Å². The van der Waals surface area contributed by atoms with Gasteiger partial charge in [-0.05, 0) is 40.2 Å². The molecule has 0 aliphatic heterocycles. The minimum atomic E-state index is 0.0376. The van der Waals surface area contributed by atoms with Crippen molar-refractivity contribution in [3.8, 4) is 17.7 Å². The molecule has 0 saturated heterocycles. The summed E-state index contributed by atoms with van der Waals surface area (Å²) in [6.45, 7) is 0. The minimum Gasteiger partial charge on any atom is -0.423 e. The van der Waals surface area contributed by atoms with Gasteiger partial charge >= 0.3 is 6.01 Å². The second-order valence-electron chi connectivity index (χ2n) is 3.90. The number of nitrogens with zero attached hydrogens (tertiary/aromatic N) is 5. The van der Waals surface area contributed by atoms with Gasteiger partial charge in [-0.15, -0.1) is 0 Å². The SMILES string of the molecule is Nc1nc(Oc2ccc(Cl)cc2Br)nc(-n2cccn2)n1. The van der Waals surface area contributed by atoms with Crippen molar-refractivity contribution in [1.29, 1.82) is 0 Å². The first-order valence-electron chi connectivity index (χ1n) is 5.76. The fourth-order valence-corrected chi connectivity index (χ4v) is 2.32. The van der Waals surface area contributed by atoms with Gasteiger partial charge in [0.2, 0.25) is 5.95 Å². The summed E-state index contributed by atoms with van der Waals surface area (Å²) in [5.74, 6) is 0.819. The van der Waals surface area contributed by atoms with E-state index < -0.39 is 0 Å². The summed E-state index contributed by atoms with van der Waals surface area (Å²) in [5.41, 5.74) is 5.67. The third-order valence-electron chi connectivity index (χ3n) is 2.42. The van der Waals surface area contributed by atoms with Crippen LogP contribution >= 0.6 is 27.5 Å². The van der Waals surface area contributed by atoms with E-state index in [4.69, 9.17) is 22.1 Å². The highest BCUT2D eigenvalue weighted by molar-refractivity contribution is 9.10. The molecule has 0 unspecified atom stereocenters. The molecule has 7 nitrogen and oxygen atoms in total. The Morgan fingerprint density at radius 1 is 1.24 bits per heavy atom. The number of halogens is 2. The van der Waals surface area contributed by atoms with E-state index in [1.807, 2.05) is 0 Å². The van der Waals surface area contributed by atoms with E-state index in [-0.39, 0.29) is 17.9 Å². The predicted octanol–water partition coefficient (Wildman–Crippen LogP) is 2.85. The average molecular weight is 368 g/mol. The predicted molar refractivity (Wildman–Crippen MR) is 80.6 cm³/mol. The lowest BCUT2D eigenvalue weighted by Gasteiger charge is -2.08. The fourth-order valence-electron chi connectivity index (χ4n) is 1.55. The molecule has 0 amide bonds. The maximum atomic E-state index is 5.88. The number of benzene rings is 1. The van der Waals surface area contributed by atoms with Gasteiger partial charge in [-0.3, -0.25) is 0 Å². The molecule has 0 bridgehead atoms. The highest BCUT2D eigenvalue weighted by Gasteiger charge is 2.10. The Labute approximate surface area is 132 Å². The summed E-state index contributed by atoms with van der Waals surface area (Å²) in [7, 11) is 0. The van der Waals surface area contributed by atoms with Gasteiger partial charge in [0.1, 0.15) is 5.75 Å². The van der Waals surface area contributed by atoms with Crippen LogP contribution in [0.4, 0.5) is 5.95 Å². The lowest BCUT2D eigenvalue weighted by molar-refractivity contribution is 0.436. The van der Waals surface area contributed by atoms with Gasteiger partial charge in [-0.1, -0.05) is 11.6 Å². The molecule has 0 atom stereocenters. The fraction of sp³-hybridized carbons (Fsp3) is 0. The molecular weight excluding hydrogens is 360 g/mol. The summed E-state index contributed by atoms with van der Waals surface area (Å²) >= 11 is 9.23. The number of anilines is 1. The van der Waals surface area contributed by atoms with E-state index in [1.54, 1.807) is 36.7 Å². The van der Waals surface area contributed by atoms with Crippen molar-refractivity contribution in [1.82, 2.24) is 24.7 Å². The molecule has 0 radical (unpaired) electrons. The molecule has 2 N–H and O–H groups in total. The van der Waals surface area contributed by atoms with Crippen molar-refractivity contribution in [2.75, 3.05) is 5.73 Å². The number of nitrogen functional groups attached to an aromatic ring is 1. The molecule has 21 heavy (non-hydrogen) atoms. The first-order valence-corrected chi connectivity index (χ1v) is 6.93. The quantitative estimate of drug-likeness (QED) is 0.765. The van der Waals surface area contributed by atoms with E-state index in [2.05, 4.69) is 36.0 Å². The lowest BCUT2D eigenvalue weighted by atomic mass is 10.3. The van der Waals surface area contributed by atoms with Gasteiger partial charge in [0, 0.05) is 17.4 Å². The van der Waals surface area contributed by atoms with Crippen molar-refractivity contribution >= 4 is 33.5 Å². The van der Waals surface area contributed by atoms with Crippen molar-refractivity contribution in [2.45, 2.75) is 0 Å². The van der Waals surface area contributed by atoms with E-state index >= 15 is 0 Å². The maximum Gasteiger partial charge on any atom is 0.328 e. The van der Waals surface area contributed by atoms with Crippen LogP contribution in [0.15, 0.2) is 41.1 Å². The van der Waals surface area contributed by atoms with Crippen molar-refractivity contribution in [3.05, 3.63) is 46.2 Å². The Balaban J connectivity index is 1.95. The topological polar surface area (TPSA) is 91.7 Å². The molecule has 0 aliphatic carbocycles. The Bertz CT molecular complexity index is 779. The molecule has 2 heterocycles. The highest BCUT2D eigenvalue weighted by atomic mass is 79.9. The molecule has 0 fully saturated rings. The van der Waals surface area contributed by atoms with Gasteiger partial charge in [-0.2, -0.15) is 20.1 Å². The second-order valence-corrected chi connectivity index (χ2v) is 5.19. The van der Waals surface area contributed by atoms with Crippen molar-refractivity contribution in [3.63, 3.8) is 0 Å². The van der Waals surface area contributed by atoms with Crippen LogP contribution in [0.5, 0.6) is 11.8 Å². The van der Waals surface area contributed by atoms with Gasteiger partial charge in [0.05, 0.1) is 4.47 Å². The largest absolute Gasteiger partial charge is 0.423 e. The monoisotopic (exact) mass is 366 g/mol. The minimum absolute atomic E-state index is 0.0376. The number of nitrogens with two attached hydrogens (primary N) is 1. The van der Waals surface area contributed by atoms with Gasteiger partial charge in [0.15, 0.2) is 0 Å². The Kier molecular flexibility index (Phi) is 3.72. The number of aromatic nitrogens is 5. The molecule has 3 aromatic rings. The zero-order valence-electron chi connectivity index (χ0n) is 10.4. The molecule has 0 saturated carbocycles. The zero-order chi connectivity index (χ0) is 14.8. The van der Waals surface area contributed by atoms with Crippen LogP contribution in [-0.4, -0.2) is 24.7 Å². The molecule has 2 aromatic heterocycles. The van der Waals surface area contributed by atoms with Gasteiger partial charge < -0.3 is 10.5 Å². The molecule has 9 heteroatoms. The smallest absolute Gasteiger partial charge is 0.328 e. The van der Waals surface area contributed by atoms with Gasteiger partial charge in [0.25, 0.3) is 5.95 Å². The number of rotatable bonds is 3. The molecule has 3 rings (SSSR count). The zero-order valence-corrected chi connectivity index (χ0v) is 12.8. The summed E-state index contributed by atoms with van der Waals surface area (Å²) in [6, 6.07) is 6.91. The summed E-state index contributed by atoms with van der Waals surface area (Å²) in [6.07, 6.45) is 3.30. The summed E-state index contributed by atoms with van der Waals surface area (Å²) in [5, 5.41) is 4.62. The lowest BCUT2D eigenvalue weighted by Crippen LogP contribution is -2.08. The van der Waals surface area contributed by atoms with Crippen LogP contribution in [0.2, 0.25) is 5.02 Å². The number of hydrogen-bond acceptors (Lipinski definition) is 6. The van der Waals surface area contributed by atoms with E-state index in [9.17, 15) is 0 Å². The maximum absolute atomic E-state index is 5.88. The van der Waals surface area contributed by atoms with Crippen LogP contribution in [0.1, 0.15) is 0 Å². The summed E-state index contributed by atoms with van der Waals surface area (Å²) in [4.78, 5) is 12.1. The molecule has 0 aliphatic rings. The van der Waals surface area contributed by atoms with Gasteiger partial charge in [-0.25, -0.2) is 4.68 Å². The number of hydrogen-bond donors (Lipinski definition) is 1. The van der Waals surface area contributed by atoms with E-state index in [0.29, 0.717) is 15.2 Å². The summed E-state index contributed by atoms with van der Waals surface area (Å²) < 4.78 is 7.73. The van der Waals surface area contributed by atoms with Crippen LogP contribution in [-0.2, 0) is 0 Å². The molecular formula is C12H8BrClN6O. The Morgan fingerprint density at radius 3 is 2.81 bits per heavy atom. The van der Waals surface area contributed by atoms with E-state index in [0.717, 1.165) is 0 Å². The first kappa shape index (κ1) is 13.8. The third kappa shape index (κ3) is 3.11. The normalized spacial score (nSPS) is 10.6. The third-order valence-corrected chi connectivity index (χ3v) is 3.28. The molecule has 1 aromatic carbocycles. The first-order chi connectivity index (χ1) is 10.1. The molecule has 0 spiro atoms. The Hall–Kier alpha value is -2.19. The van der Waals surface area contributed by atoms with Crippen LogP contribution < -0.4 is 10.5 Å². The van der Waals surface area contributed by atoms with Crippen LogP contribution in [0, 0.1) is 0 Å². The highest BCUT2D eigenvalue weighted by Crippen LogP contribution is 2.30. The number of ether oxygens (including phenoxy) is 1.